The molecule has 0 bridgehead atoms. The monoisotopic (exact) mass is 517 g/mol. The number of carbonyl (C=O) groups excluding carboxylic acids is 2. The van der Waals surface area contributed by atoms with Crippen molar-refractivity contribution in [1.29, 1.82) is 0 Å². The summed E-state index contributed by atoms with van der Waals surface area (Å²) in [6.07, 6.45) is 0.972. The average molecular weight is 518 g/mol. The molecule has 0 spiro atoms. The van der Waals surface area contributed by atoms with Crippen molar-refractivity contribution in [3.05, 3.63) is 79.0 Å². The maximum Gasteiger partial charge on any atom is 0.336 e. The predicted molar refractivity (Wildman–Crippen MR) is 127 cm³/mol. The first-order chi connectivity index (χ1) is 15.3. The van der Waals surface area contributed by atoms with Crippen LogP contribution in [0.25, 0.3) is 0 Å². The molecule has 0 radical (unpaired) electrons. The first-order valence-corrected chi connectivity index (χ1v) is 12.3. The van der Waals surface area contributed by atoms with Crippen molar-refractivity contribution in [2.75, 3.05) is 6.61 Å². The molecule has 2 heterocycles. The molecule has 7 heteroatoms. The number of benzene rings is 1. The Labute approximate surface area is 199 Å². The van der Waals surface area contributed by atoms with Crippen molar-refractivity contribution in [1.82, 2.24) is 5.32 Å². The number of thiophene rings is 1. The Hall–Kier alpha value is -2.25. The van der Waals surface area contributed by atoms with Gasteiger partial charge >= 0.3 is 5.97 Å². The molecule has 4 nitrogen and oxygen atoms in total. The number of dihydropyridines is 1. The van der Waals surface area contributed by atoms with Gasteiger partial charge in [-0.05, 0) is 48.9 Å². The second-order valence-corrected chi connectivity index (χ2v) is 10.6. The lowest BCUT2D eigenvalue weighted by molar-refractivity contribution is -0.140. The predicted octanol–water partition coefficient (Wildman–Crippen LogP) is 6.21. The summed E-state index contributed by atoms with van der Waals surface area (Å²) < 4.78 is 21.3. The molecule has 4 rings (SSSR count). The van der Waals surface area contributed by atoms with Gasteiger partial charge < -0.3 is 10.1 Å². The standard InChI is InChI=1S/C25H25BrFNO3S/c1-13(2)12-31-25(30)22-14(3)28-19-9-15(21-5-4-8-32-21)10-20(29)24(19)23(22)17-11-16(26)6-7-18(17)27/h4-8,11,13,15,23,28H,9-10,12H2,1-3H3/t15-,23-/m0/s1. The van der Waals surface area contributed by atoms with Gasteiger partial charge in [-0.2, -0.15) is 0 Å². The Morgan fingerprint density at radius 1 is 1.31 bits per heavy atom. The lowest BCUT2D eigenvalue weighted by atomic mass is 9.72. The molecule has 0 fully saturated rings. The highest BCUT2D eigenvalue weighted by atomic mass is 79.9. The van der Waals surface area contributed by atoms with Crippen LogP contribution in [-0.4, -0.2) is 18.4 Å². The van der Waals surface area contributed by atoms with E-state index in [1.807, 2.05) is 31.4 Å². The number of Topliss-reactive ketones (excluding diaryl/α,β-unsaturated/α-hetero) is 1. The first kappa shape index (κ1) is 22.9. The molecule has 2 aromatic rings. The summed E-state index contributed by atoms with van der Waals surface area (Å²) in [6.45, 7) is 5.95. The second-order valence-electron chi connectivity index (χ2n) is 8.69. The normalized spacial score (nSPS) is 21.0. The number of nitrogens with one attached hydrogen (secondary N) is 1. The van der Waals surface area contributed by atoms with Crippen LogP contribution in [0, 0.1) is 11.7 Å². The van der Waals surface area contributed by atoms with Crippen LogP contribution in [-0.2, 0) is 14.3 Å². The van der Waals surface area contributed by atoms with Gasteiger partial charge in [-0.3, -0.25) is 4.79 Å². The van der Waals surface area contributed by atoms with E-state index in [0.29, 0.717) is 39.7 Å². The second kappa shape index (κ2) is 9.32. The summed E-state index contributed by atoms with van der Waals surface area (Å²) >= 11 is 5.04. The van der Waals surface area contributed by atoms with E-state index in [1.54, 1.807) is 30.4 Å². The van der Waals surface area contributed by atoms with Crippen molar-refractivity contribution >= 4 is 39.0 Å². The quantitative estimate of drug-likeness (QED) is 0.479. The van der Waals surface area contributed by atoms with Crippen molar-refractivity contribution in [3.8, 4) is 0 Å². The van der Waals surface area contributed by atoms with Crippen LogP contribution in [0.4, 0.5) is 4.39 Å². The largest absolute Gasteiger partial charge is 0.462 e. The maximum atomic E-state index is 15.1. The van der Waals surface area contributed by atoms with E-state index < -0.39 is 17.7 Å². The van der Waals surface area contributed by atoms with Crippen LogP contribution < -0.4 is 5.32 Å². The Bertz CT molecular complexity index is 1120. The molecule has 1 aromatic heterocycles. The fourth-order valence-corrected chi connectivity index (χ4v) is 5.61. The highest BCUT2D eigenvalue weighted by Crippen LogP contribution is 2.47. The van der Waals surface area contributed by atoms with E-state index in [-0.39, 0.29) is 24.2 Å². The van der Waals surface area contributed by atoms with Crippen LogP contribution in [0.15, 0.2) is 62.7 Å². The van der Waals surface area contributed by atoms with E-state index in [2.05, 4.69) is 21.2 Å². The molecule has 0 saturated carbocycles. The third kappa shape index (κ3) is 4.46. The summed E-state index contributed by atoms with van der Waals surface area (Å²) in [5.74, 6) is -1.61. The number of allylic oxidation sites excluding steroid dienone is 3. The highest BCUT2D eigenvalue weighted by Gasteiger charge is 2.42. The highest BCUT2D eigenvalue weighted by molar-refractivity contribution is 9.10. The number of rotatable bonds is 5. The molecule has 2 atom stereocenters. The van der Waals surface area contributed by atoms with Gasteiger partial charge in [0.25, 0.3) is 0 Å². The van der Waals surface area contributed by atoms with Gasteiger partial charge in [-0.1, -0.05) is 35.8 Å². The van der Waals surface area contributed by atoms with Crippen molar-refractivity contribution in [2.24, 2.45) is 5.92 Å². The van der Waals surface area contributed by atoms with Gasteiger partial charge in [0.2, 0.25) is 0 Å². The third-order valence-corrected chi connectivity index (χ3v) is 7.34. The zero-order chi connectivity index (χ0) is 23.0. The molecule has 32 heavy (non-hydrogen) atoms. The van der Waals surface area contributed by atoms with E-state index in [1.165, 1.54) is 6.07 Å². The zero-order valence-corrected chi connectivity index (χ0v) is 20.6. The van der Waals surface area contributed by atoms with E-state index in [0.717, 1.165) is 10.6 Å². The number of ketones is 1. The van der Waals surface area contributed by atoms with Crippen LogP contribution in [0.5, 0.6) is 0 Å². The fourth-order valence-electron chi connectivity index (χ4n) is 4.40. The Kier molecular flexibility index (Phi) is 6.67. The number of hydrogen-bond donors (Lipinski definition) is 1. The van der Waals surface area contributed by atoms with Crippen LogP contribution in [0.1, 0.15) is 55.9 Å². The van der Waals surface area contributed by atoms with Crippen LogP contribution in [0.3, 0.4) is 0 Å². The number of carbonyl (C=O) groups is 2. The van der Waals surface area contributed by atoms with Gasteiger partial charge in [-0.25, -0.2) is 9.18 Å². The van der Waals surface area contributed by atoms with Gasteiger partial charge in [0.15, 0.2) is 5.78 Å². The van der Waals surface area contributed by atoms with E-state index in [9.17, 15) is 9.59 Å². The van der Waals surface area contributed by atoms with Crippen molar-refractivity contribution in [2.45, 2.75) is 45.4 Å². The fraction of sp³-hybridized carbons (Fsp3) is 0.360. The topological polar surface area (TPSA) is 55.4 Å². The smallest absolute Gasteiger partial charge is 0.336 e. The maximum absolute atomic E-state index is 15.1. The summed E-state index contributed by atoms with van der Waals surface area (Å²) in [5.41, 5.74) is 2.43. The van der Waals surface area contributed by atoms with Gasteiger partial charge in [0, 0.05) is 44.2 Å². The molecule has 0 amide bonds. The molecule has 0 saturated heterocycles. The Morgan fingerprint density at radius 2 is 2.09 bits per heavy atom. The average Bonchev–Trinajstić information content (AvgIpc) is 3.27. The van der Waals surface area contributed by atoms with Crippen LogP contribution in [0.2, 0.25) is 0 Å². The van der Waals surface area contributed by atoms with Crippen molar-refractivity contribution in [3.63, 3.8) is 0 Å². The summed E-state index contributed by atoms with van der Waals surface area (Å²) in [6, 6.07) is 8.64. The number of esters is 1. The van der Waals surface area contributed by atoms with Gasteiger partial charge in [-0.15, -0.1) is 11.3 Å². The molecule has 1 aliphatic heterocycles. The molecular formula is C25H25BrFNO3S. The summed E-state index contributed by atoms with van der Waals surface area (Å²) in [7, 11) is 0. The lowest BCUT2D eigenvalue weighted by Gasteiger charge is -2.36. The Morgan fingerprint density at radius 3 is 2.78 bits per heavy atom. The minimum atomic E-state index is -0.805. The lowest BCUT2D eigenvalue weighted by Crippen LogP contribution is -2.36. The summed E-state index contributed by atoms with van der Waals surface area (Å²) in [4.78, 5) is 27.7. The van der Waals surface area contributed by atoms with E-state index >= 15 is 4.39 Å². The van der Waals surface area contributed by atoms with Crippen LogP contribution >= 0.6 is 27.3 Å². The first-order valence-electron chi connectivity index (χ1n) is 10.7. The molecule has 1 aromatic carbocycles. The SMILES string of the molecule is CC1=C(C(=O)OCC(C)C)[C@H](c2cc(Br)ccc2F)C2=C(C[C@H](c3cccs3)CC2=O)N1. The molecule has 2 aliphatic rings. The third-order valence-electron chi connectivity index (χ3n) is 5.81. The molecule has 1 N–H and O–H groups in total. The van der Waals surface area contributed by atoms with Crippen molar-refractivity contribution < 1.29 is 18.7 Å². The molecule has 168 valence electrons. The van der Waals surface area contributed by atoms with E-state index in [4.69, 9.17) is 4.74 Å². The van der Waals surface area contributed by atoms with Gasteiger partial charge in [0.05, 0.1) is 18.1 Å². The minimum Gasteiger partial charge on any atom is -0.462 e. The molecule has 0 unspecified atom stereocenters. The molecular weight excluding hydrogens is 493 g/mol. The Balaban J connectivity index is 1.81. The molecule has 1 aliphatic carbocycles. The number of ether oxygens (including phenoxy) is 1. The minimum absolute atomic E-state index is 0.0665. The summed E-state index contributed by atoms with van der Waals surface area (Å²) in [5, 5.41) is 5.31. The number of halogens is 2. The van der Waals surface area contributed by atoms with Gasteiger partial charge in [0.1, 0.15) is 5.82 Å². The number of hydrogen-bond acceptors (Lipinski definition) is 5. The zero-order valence-electron chi connectivity index (χ0n) is 18.2.